The van der Waals surface area contributed by atoms with E-state index in [1.807, 2.05) is 0 Å². The molecule has 49 heavy (non-hydrogen) atoms. The third kappa shape index (κ3) is 3.83. The van der Waals surface area contributed by atoms with Gasteiger partial charge in [0.15, 0.2) is 17.6 Å². The van der Waals surface area contributed by atoms with Crippen molar-refractivity contribution in [1.82, 2.24) is 0 Å². The van der Waals surface area contributed by atoms with Crippen LogP contribution in [0.5, 0.6) is 0 Å². The van der Waals surface area contributed by atoms with E-state index >= 15 is 0 Å². The maximum atomic E-state index is 6.70. The van der Waals surface area contributed by atoms with Gasteiger partial charge < -0.3 is 4.42 Å². The fourth-order valence-corrected chi connectivity index (χ4v) is 9.08. The van der Waals surface area contributed by atoms with Gasteiger partial charge in [-0.15, -0.1) is 0 Å². The van der Waals surface area contributed by atoms with Crippen molar-refractivity contribution in [2.45, 2.75) is 38.9 Å². The summed E-state index contributed by atoms with van der Waals surface area (Å²) in [5, 5.41) is 2.29. The summed E-state index contributed by atoms with van der Waals surface area (Å²) in [6, 6.07) is 51.1. The molecule has 0 fully saturated rings. The number of pyridine rings is 3. The van der Waals surface area contributed by atoms with E-state index in [4.69, 9.17) is 4.42 Å². The summed E-state index contributed by atoms with van der Waals surface area (Å²) in [6.07, 6.45) is 2.27. The third-order valence-electron chi connectivity index (χ3n) is 11.1. The Balaban J connectivity index is 1.43. The van der Waals surface area contributed by atoms with E-state index in [-0.39, 0.29) is 6.04 Å². The van der Waals surface area contributed by atoms with Crippen LogP contribution in [0, 0.1) is 20.8 Å². The van der Waals surface area contributed by atoms with Crippen molar-refractivity contribution in [2.75, 3.05) is 0 Å². The molecule has 4 heteroatoms. The second-order valence-electron chi connectivity index (χ2n) is 13.7. The van der Waals surface area contributed by atoms with Crippen LogP contribution in [0.4, 0.5) is 0 Å². The zero-order valence-corrected chi connectivity index (χ0v) is 27.9. The molecule has 0 N–H and O–H groups in total. The molecule has 0 aliphatic carbocycles. The van der Waals surface area contributed by atoms with Gasteiger partial charge in [0.1, 0.15) is 11.2 Å². The van der Waals surface area contributed by atoms with Crippen LogP contribution in [0.2, 0.25) is 0 Å². The number of para-hydroxylation sites is 1. The van der Waals surface area contributed by atoms with Crippen molar-refractivity contribution in [3.05, 3.63) is 174 Å². The molecule has 0 amide bonds. The van der Waals surface area contributed by atoms with Gasteiger partial charge in [0.05, 0.1) is 16.7 Å². The number of furan rings is 1. The Labute approximate surface area is 285 Å². The van der Waals surface area contributed by atoms with Crippen LogP contribution < -0.4 is 13.7 Å². The fraction of sp³-hybridized carbons (Fsp3) is 0.133. The highest BCUT2D eigenvalue weighted by Gasteiger charge is 2.67. The predicted molar refractivity (Wildman–Crippen MR) is 193 cm³/mol. The van der Waals surface area contributed by atoms with Gasteiger partial charge in [0.25, 0.3) is 6.04 Å². The number of hydrogen-bond acceptors (Lipinski definition) is 1. The summed E-state index contributed by atoms with van der Waals surface area (Å²) >= 11 is 0. The molecule has 234 valence electrons. The number of fused-ring (bicyclic) bond motifs is 9. The Morgan fingerprint density at radius 1 is 0.571 bits per heavy atom. The average Bonchev–Trinajstić information content (AvgIpc) is 3.67. The molecule has 2 aliphatic rings. The van der Waals surface area contributed by atoms with Gasteiger partial charge in [-0.1, -0.05) is 54.6 Å². The van der Waals surface area contributed by atoms with Crippen LogP contribution in [0.25, 0.3) is 55.7 Å². The van der Waals surface area contributed by atoms with Gasteiger partial charge in [-0.05, 0) is 61.0 Å². The summed E-state index contributed by atoms with van der Waals surface area (Å²) in [6.45, 7) is 7.49. The number of benzene rings is 4. The van der Waals surface area contributed by atoms with E-state index in [9.17, 15) is 0 Å². The minimum atomic E-state index is -0.609. The van der Waals surface area contributed by atoms with Crippen LogP contribution in [0.15, 0.2) is 150 Å². The van der Waals surface area contributed by atoms with E-state index < -0.39 is 5.54 Å². The molecule has 0 spiro atoms. The van der Waals surface area contributed by atoms with Crippen LogP contribution in [-0.2, 0) is 12.1 Å². The molecule has 4 aromatic carbocycles. The lowest BCUT2D eigenvalue weighted by atomic mass is 9.73. The molecular formula is C45H36N3O+3. The van der Waals surface area contributed by atoms with Crippen LogP contribution in [-0.4, -0.2) is 0 Å². The zero-order valence-electron chi connectivity index (χ0n) is 27.9. The summed E-state index contributed by atoms with van der Waals surface area (Å²) in [7, 11) is 0. The first-order chi connectivity index (χ1) is 24.0. The quantitative estimate of drug-likeness (QED) is 0.179. The Hall–Kier alpha value is -5.87. The van der Waals surface area contributed by atoms with Gasteiger partial charge >= 0.3 is 5.54 Å². The molecule has 8 aromatic rings. The summed E-state index contributed by atoms with van der Waals surface area (Å²) < 4.78 is 14.5. The Bertz CT molecular complexity index is 2650. The number of hydrogen-bond donors (Lipinski definition) is 0. The normalized spacial score (nSPS) is 17.5. The molecule has 0 saturated carbocycles. The van der Waals surface area contributed by atoms with Gasteiger partial charge in [-0.25, -0.2) is 0 Å². The van der Waals surface area contributed by atoms with Crippen molar-refractivity contribution >= 4 is 21.9 Å². The topological polar surface area (TPSA) is 24.8 Å². The number of rotatable bonds is 3. The molecule has 6 heterocycles. The van der Waals surface area contributed by atoms with Crippen molar-refractivity contribution in [1.29, 1.82) is 0 Å². The number of aryl methyl sites for hydroxylation is 3. The molecule has 0 saturated heterocycles. The second-order valence-corrected chi connectivity index (χ2v) is 13.7. The van der Waals surface area contributed by atoms with Crippen molar-refractivity contribution in [2.24, 2.45) is 0 Å². The highest BCUT2D eigenvalue weighted by Crippen LogP contribution is 2.50. The molecule has 4 aromatic heterocycles. The molecule has 2 atom stereocenters. The molecule has 2 unspecified atom stereocenters. The Morgan fingerprint density at radius 2 is 1.29 bits per heavy atom. The Kier molecular flexibility index (Phi) is 5.93. The monoisotopic (exact) mass is 634 g/mol. The summed E-state index contributed by atoms with van der Waals surface area (Å²) in [5.74, 6) is 0. The van der Waals surface area contributed by atoms with E-state index in [2.05, 4.69) is 180 Å². The first-order valence-electron chi connectivity index (χ1n) is 17.2. The minimum Gasteiger partial charge on any atom is -0.456 e. The van der Waals surface area contributed by atoms with Crippen molar-refractivity contribution in [3.63, 3.8) is 0 Å². The average molecular weight is 635 g/mol. The highest BCUT2D eigenvalue weighted by atomic mass is 16.3. The number of aromatic nitrogens is 3. The lowest BCUT2D eigenvalue weighted by Crippen LogP contribution is -2.74. The Morgan fingerprint density at radius 3 is 2.16 bits per heavy atom. The second kappa shape index (κ2) is 10.3. The van der Waals surface area contributed by atoms with E-state index in [1.54, 1.807) is 0 Å². The van der Waals surface area contributed by atoms with Gasteiger partial charge in [-0.2, -0.15) is 13.7 Å². The van der Waals surface area contributed by atoms with Gasteiger partial charge in [0.2, 0.25) is 23.6 Å². The van der Waals surface area contributed by atoms with E-state index in [0.29, 0.717) is 0 Å². The third-order valence-corrected chi connectivity index (χ3v) is 11.1. The van der Waals surface area contributed by atoms with Crippen molar-refractivity contribution < 1.29 is 18.1 Å². The van der Waals surface area contributed by atoms with Crippen LogP contribution in [0.1, 0.15) is 34.1 Å². The smallest absolute Gasteiger partial charge is 0.318 e. The summed E-state index contributed by atoms with van der Waals surface area (Å²) in [5.41, 5.74) is 14.9. The summed E-state index contributed by atoms with van der Waals surface area (Å²) in [4.78, 5) is 0. The standard InChI is InChI=1S/C45H36N3O/c1-29-14-4-5-17-32(29)41-23-13-16-31(3)48(41)45(44-35-20-7-6-18-33(35)40-22-12-15-30(2)47(40)44)28-46-25-11-10-21-39(46)37-26-36-34-19-8-9-24-42(34)49-43(36)27-38(37)45/h4-27,44H,28H2,1-3H3/q+3. The molecular weight excluding hydrogens is 599 g/mol. The molecule has 4 nitrogen and oxygen atoms in total. The van der Waals surface area contributed by atoms with Crippen LogP contribution >= 0.6 is 0 Å². The SMILES string of the molecule is Cc1ccccc1-c1cccc(C)[n+]1C1(C2c3ccccc3-c3cccc(C)[n+]32)C[n+]2ccccc2-c2cc3c(cc21)oc1ccccc13. The predicted octanol–water partition coefficient (Wildman–Crippen LogP) is 8.73. The fourth-order valence-electron chi connectivity index (χ4n) is 9.08. The largest absolute Gasteiger partial charge is 0.456 e. The van der Waals surface area contributed by atoms with Crippen molar-refractivity contribution in [3.8, 4) is 33.8 Å². The van der Waals surface area contributed by atoms with E-state index in [1.165, 1.54) is 61.9 Å². The molecule has 2 aliphatic heterocycles. The maximum absolute atomic E-state index is 6.70. The highest BCUT2D eigenvalue weighted by molar-refractivity contribution is 6.06. The van der Waals surface area contributed by atoms with Crippen LogP contribution in [0.3, 0.4) is 0 Å². The zero-order chi connectivity index (χ0) is 32.9. The first kappa shape index (κ1) is 28.2. The molecule has 0 bridgehead atoms. The lowest BCUT2D eigenvalue weighted by molar-refractivity contribution is -0.869. The van der Waals surface area contributed by atoms with Gasteiger partial charge in [0, 0.05) is 72.1 Å². The minimum absolute atomic E-state index is 0.0600. The maximum Gasteiger partial charge on any atom is 0.318 e. The van der Waals surface area contributed by atoms with E-state index in [0.717, 1.165) is 28.5 Å². The first-order valence-corrected chi connectivity index (χ1v) is 17.2. The van der Waals surface area contributed by atoms with Gasteiger partial charge in [-0.3, -0.25) is 0 Å². The molecule has 10 rings (SSSR count). The molecule has 0 radical (unpaired) electrons. The number of nitrogens with zero attached hydrogens (tertiary/aromatic N) is 3. The lowest BCUT2D eigenvalue weighted by Gasteiger charge is -2.35.